The lowest BCUT2D eigenvalue weighted by atomic mass is 10.1. The second kappa shape index (κ2) is 7.78. The maximum absolute atomic E-state index is 12.8. The van der Waals surface area contributed by atoms with Crippen molar-refractivity contribution in [3.63, 3.8) is 0 Å². The largest absolute Gasteiger partial charge is 0.476 e. The molecule has 0 aliphatic rings. The number of rotatable bonds is 6. The van der Waals surface area contributed by atoms with Gasteiger partial charge in [0.2, 0.25) is 5.88 Å². The second-order valence-electron chi connectivity index (χ2n) is 5.60. The van der Waals surface area contributed by atoms with Gasteiger partial charge in [-0.2, -0.15) is 0 Å². The van der Waals surface area contributed by atoms with E-state index in [-0.39, 0.29) is 12.2 Å². The first-order valence-corrected chi connectivity index (χ1v) is 8.42. The van der Waals surface area contributed by atoms with Crippen LogP contribution in [0.2, 0.25) is 5.02 Å². The number of imidazole rings is 1. The van der Waals surface area contributed by atoms with Crippen LogP contribution in [0.1, 0.15) is 30.6 Å². The molecule has 5 nitrogen and oxygen atoms in total. The summed E-state index contributed by atoms with van der Waals surface area (Å²) in [6.07, 6.45) is 0.293. The van der Waals surface area contributed by atoms with Gasteiger partial charge in [0.05, 0.1) is 25.0 Å². The Bertz CT molecular complexity index is 914. The highest BCUT2D eigenvalue weighted by atomic mass is 35.5. The SMILES string of the molecule is CCOc1ncc(Cn2cc(C(F)F)nc2C)nc1-c1cccc(Cl)c1. The minimum Gasteiger partial charge on any atom is -0.476 e. The minimum absolute atomic E-state index is 0.253. The van der Waals surface area contributed by atoms with Crippen LogP contribution in [0.15, 0.2) is 36.7 Å². The van der Waals surface area contributed by atoms with Crippen LogP contribution < -0.4 is 4.74 Å². The van der Waals surface area contributed by atoms with Crippen molar-refractivity contribution in [2.45, 2.75) is 26.8 Å². The Morgan fingerprint density at radius 2 is 2.08 bits per heavy atom. The molecule has 0 saturated carbocycles. The highest BCUT2D eigenvalue weighted by Gasteiger charge is 2.16. The van der Waals surface area contributed by atoms with E-state index in [2.05, 4.69) is 15.0 Å². The lowest BCUT2D eigenvalue weighted by molar-refractivity contribution is 0.146. The Hall–Kier alpha value is -2.54. The summed E-state index contributed by atoms with van der Waals surface area (Å²) in [5.74, 6) is 0.884. The third-order valence-corrected chi connectivity index (χ3v) is 3.95. The molecule has 0 aliphatic heterocycles. The van der Waals surface area contributed by atoms with Gasteiger partial charge in [-0.05, 0) is 26.0 Å². The summed E-state index contributed by atoms with van der Waals surface area (Å²) in [6.45, 7) is 4.25. The third-order valence-electron chi connectivity index (χ3n) is 3.72. The van der Waals surface area contributed by atoms with Crippen LogP contribution in [0.25, 0.3) is 11.3 Å². The predicted octanol–water partition coefficient (Wildman–Crippen LogP) is 4.69. The number of alkyl halides is 2. The van der Waals surface area contributed by atoms with E-state index in [1.54, 1.807) is 29.8 Å². The Balaban J connectivity index is 1.98. The molecule has 0 N–H and O–H groups in total. The molecule has 3 rings (SSSR count). The molecule has 0 radical (unpaired) electrons. The lowest BCUT2D eigenvalue weighted by Crippen LogP contribution is -2.06. The summed E-state index contributed by atoms with van der Waals surface area (Å²) in [7, 11) is 0. The number of aromatic nitrogens is 4. The number of benzene rings is 1. The quantitative estimate of drug-likeness (QED) is 0.624. The number of aryl methyl sites for hydroxylation is 1. The zero-order valence-electron chi connectivity index (χ0n) is 14.3. The summed E-state index contributed by atoms with van der Waals surface area (Å²) in [5.41, 5.74) is 1.67. The van der Waals surface area contributed by atoms with Crippen LogP contribution in [-0.4, -0.2) is 26.1 Å². The maximum atomic E-state index is 12.8. The molecule has 3 aromatic rings. The maximum Gasteiger partial charge on any atom is 0.281 e. The summed E-state index contributed by atoms with van der Waals surface area (Å²) in [5, 5.41) is 0.573. The topological polar surface area (TPSA) is 52.8 Å². The van der Waals surface area contributed by atoms with Crippen LogP contribution in [0.5, 0.6) is 5.88 Å². The number of hydrogen-bond donors (Lipinski definition) is 0. The van der Waals surface area contributed by atoms with Crippen molar-refractivity contribution in [2.75, 3.05) is 6.61 Å². The van der Waals surface area contributed by atoms with Crippen molar-refractivity contribution in [3.05, 3.63) is 58.9 Å². The highest BCUT2D eigenvalue weighted by molar-refractivity contribution is 6.30. The fourth-order valence-corrected chi connectivity index (χ4v) is 2.72. The summed E-state index contributed by atoms with van der Waals surface area (Å²) in [4.78, 5) is 12.8. The van der Waals surface area contributed by atoms with E-state index in [1.807, 2.05) is 19.1 Å². The average Bonchev–Trinajstić information content (AvgIpc) is 2.97. The molecule has 8 heteroatoms. The van der Waals surface area contributed by atoms with Crippen molar-refractivity contribution in [3.8, 4) is 17.1 Å². The third kappa shape index (κ3) is 3.99. The van der Waals surface area contributed by atoms with E-state index in [1.165, 1.54) is 6.20 Å². The van der Waals surface area contributed by atoms with Gasteiger partial charge in [-0.3, -0.25) is 0 Å². The number of ether oxygens (including phenoxy) is 1. The highest BCUT2D eigenvalue weighted by Crippen LogP contribution is 2.28. The molecule has 26 heavy (non-hydrogen) atoms. The van der Waals surface area contributed by atoms with E-state index < -0.39 is 6.43 Å². The smallest absolute Gasteiger partial charge is 0.281 e. The van der Waals surface area contributed by atoms with E-state index in [9.17, 15) is 8.78 Å². The number of hydrogen-bond acceptors (Lipinski definition) is 4. The fraction of sp³-hybridized carbons (Fsp3) is 0.278. The molecule has 0 amide bonds. The van der Waals surface area contributed by atoms with Gasteiger partial charge in [-0.15, -0.1) is 0 Å². The van der Waals surface area contributed by atoms with Gasteiger partial charge >= 0.3 is 0 Å². The van der Waals surface area contributed by atoms with E-state index >= 15 is 0 Å². The number of halogens is 3. The Kier molecular flexibility index (Phi) is 5.46. The van der Waals surface area contributed by atoms with Gasteiger partial charge in [-0.1, -0.05) is 23.7 Å². The molecule has 0 atom stereocenters. The Labute approximate surface area is 154 Å². The lowest BCUT2D eigenvalue weighted by Gasteiger charge is -2.11. The first-order chi connectivity index (χ1) is 12.5. The van der Waals surface area contributed by atoms with Gasteiger partial charge in [0.15, 0.2) is 0 Å². The molecule has 0 spiro atoms. The summed E-state index contributed by atoms with van der Waals surface area (Å²) in [6, 6.07) is 7.22. The van der Waals surface area contributed by atoms with Crippen molar-refractivity contribution >= 4 is 11.6 Å². The molecule has 0 saturated heterocycles. The summed E-state index contributed by atoms with van der Waals surface area (Å²) >= 11 is 6.07. The molecule has 0 unspecified atom stereocenters. The van der Waals surface area contributed by atoms with E-state index in [4.69, 9.17) is 16.3 Å². The van der Waals surface area contributed by atoms with Gasteiger partial charge < -0.3 is 9.30 Å². The van der Waals surface area contributed by atoms with Crippen molar-refractivity contribution in [2.24, 2.45) is 0 Å². The van der Waals surface area contributed by atoms with Crippen LogP contribution in [0, 0.1) is 6.92 Å². The van der Waals surface area contributed by atoms with Gasteiger partial charge in [0, 0.05) is 16.8 Å². The molecular weight excluding hydrogens is 362 g/mol. The van der Waals surface area contributed by atoms with Crippen LogP contribution in [0.3, 0.4) is 0 Å². The second-order valence-corrected chi connectivity index (χ2v) is 6.04. The monoisotopic (exact) mass is 378 g/mol. The first kappa shape index (κ1) is 18.3. The summed E-state index contributed by atoms with van der Waals surface area (Å²) < 4.78 is 32.8. The van der Waals surface area contributed by atoms with Crippen molar-refractivity contribution < 1.29 is 13.5 Å². The molecule has 2 heterocycles. The van der Waals surface area contributed by atoms with E-state index in [0.717, 1.165) is 5.56 Å². The first-order valence-electron chi connectivity index (χ1n) is 8.04. The molecule has 0 fully saturated rings. The van der Waals surface area contributed by atoms with Crippen LogP contribution in [-0.2, 0) is 6.54 Å². The predicted molar refractivity (Wildman–Crippen MR) is 94.7 cm³/mol. The zero-order valence-corrected chi connectivity index (χ0v) is 15.0. The molecule has 136 valence electrons. The average molecular weight is 379 g/mol. The molecule has 2 aromatic heterocycles. The standard InChI is InChI=1S/C18H17ClF2N4O/c1-3-26-18-16(12-5-4-6-13(19)7-12)24-14(8-22-18)9-25-10-15(17(20)21)23-11(25)2/h4-8,10,17H,3,9H2,1-2H3. The van der Waals surface area contributed by atoms with Crippen LogP contribution in [0.4, 0.5) is 8.78 Å². The molecule has 0 bridgehead atoms. The fourth-order valence-electron chi connectivity index (χ4n) is 2.53. The molecule has 1 aromatic carbocycles. The molecular formula is C18H17ClF2N4O. The van der Waals surface area contributed by atoms with E-state index in [0.29, 0.717) is 34.7 Å². The zero-order chi connectivity index (χ0) is 18.7. The van der Waals surface area contributed by atoms with Crippen molar-refractivity contribution in [1.29, 1.82) is 0 Å². The van der Waals surface area contributed by atoms with Gasteiger partial charge in [0.25, 0.3) is 6.43 Å². The van der Waals surface area contributed by atoms with Gasteiger partial charge in [0.1, 0.15) is 17.2 Å². The Morgan fingerprint density at radius 3 is 2.73 bits per heavy atom. The Morgan fingerprint density at radius 1 is 1.27 bits per heavy atom. The van der Waals surface area contributed by atoms with Crippen molar-refractivity contribution in [1.82, 2.24) is 19.5 Å². The minimum atomic E-state index is -2.61. The number of nitrogens with zero attached hydrogens (tertiary/aromatic N) is 4. The van der Waals surface area contributed by atoms with Gasteiger partial charge in [-0.25, -0.2) is 23.7 Å². The van der Waals surface area contributed by atoms with Crippen LogP contribution >= 0.6 is 11.6 Å². The molecule has 0 aliphatic carbocycles. The normalized spacial score (nSPS) is 11.2.